The Labute approximate surface area is 164 Å². The van der Waals surface area contributed by atoms with Crippen LogP contribution >= 0.6 is 11.6 Å². The van der Waals surface area contributed by atoms with E-state index < -0.39 is 0 Å². The van der Waals surface area contributed by atoms with Crippen molar-refractivity contribution in [3.63, 3.8) is 0 Å². The minimum absolute atomic E-state index is 0.216. The predicted octanol–water partition coefficient (Wildman–Crippen LogP) is 5.64. The van der Waals surface area contributed by atoms with E-state index in [2.05, 4.69) is 19.2 Å². The van der Waals surface area contributed by atoms with Crippen LogP contribution in [-0.2, 0) is 4.79 Å². The summed E-state index contributed by atoms with van der Waals surface area (Å²) in [5.74, 6) is 0.140. The number of nitrogen functional groups attached to an aromatic ring is 1. The van der Waals surface area contributed by atoms with Gasteiger partial charge in [0.1, 0.15) is 0 Å². The third-order valence-electron chi connectivity index (χ3n) is 4.54. The lowest BCUT2D eigenvalue weighted by Crippen LogP contribution is -2.08. The molecular weight excluding hydrogens is 358 g/mol. The van der Waals surface area contributed by atoms with Crippen molar-refractivity contribution in [1.82, 2.24) is 4.98 Å². The van der Waals surface area contributed by atoms with Crippen molar-refractivity contribution in [2.24, 2.45) is 0 Å². The molecule has 0 saturated carbocycles. The molecule has 1 atom stereocenters. The Hall–Kier alpha value is -2.85. The van der Waals surface area contributed by atoms with Crippen LogP contribution in [0.2, 0.25) is 5.02 Å². The zero-order chi connectivity index (χ0) is 19.4. The average Bonchev–Trinajstić information content (AvgIpc) is 2.67. The summed E-state index contributed by atoms with van der Waals surface area (Å²) in [5, 5.41) is 4.35. The van der Waals surface area contributed by atoms with Gasteiger partial charge in [-0.15, -0.1) is 0 Å². The largest absolute Gasteiger partial charge is 0.398 e. The molecule has 3 aromatic rings. The molecule has 0 fully saturated rings. The number of carbonyl (C=O) groups excluding carboxylic acids is 1. The molecule has 0 radical (unpaired) electrons. The third-order valence-corrected chi connectivity index (χ3v) is 4.79. The smallest absolute Gasteiger partial charge is 0.248 e. The quantitative estimate of drug-likeness (QED) is 0.564. The molecule has 1 heterocycles. The van der Waals surface area contributed by atoms with Gasteiger partial charge in [-0.3, -0.25) is 9.78 Å². The number of carbonyl (C=O) groups is 1. The maximum absolute atomic E-state index is 12.2. The second kappa shape index (κ2) is 8.23. The molecule has 0 saturated heterocycles. The average molecular weight is 380 g/mol. The van der Waals surface area contributed by atoms with E-state index in [9.17, 15) is 4.79 Å². The van der Waals surface area contributed by atoms with E-state index in [4.69, 9.17) is 22.3 Å². The van der Waals surface area contributed by atoms with Gasteiger partial charge < -0.3 is 11.1 Å². The minimum atomic E-state index is -0.216. The predicted molar refractivity (Wildman–Crippen MR) is 114 cm³/mol. The number of aromatic nitrogens is 1. The lowest BCUT2D eigenvalue weighted by Gasteiger charge is -2.12. The van der Waals surface area contributed by atoms with Crippen LogP contribution in [0.4, 0.5) is 11.4 Å². The first-order valence-electron chi connectivity index (χ1n) is 8.91. The van der Waals surface area contributed by atoms with Gasteiger partial charge in [0.2, 0.25) is 5.91 Å². The van der Waals surface area contributed by atoms with Crippen molar-refractivity contribution >= 4 is 45.9 Å². The van der Waals surface area contributed by atoms with Crippen molar-refractivity contribution in [2.45, 2.75) is 26.2 Å². The first kappa shape index (κ1) is 18.9. The summed E-state index contributed by atoms with van der Waals surface area (Å²) in [5.41, 5.74) is 10.3. The standard InChI is InChI=1S/C22H22ClN3O/c1-3-14(2)21-13-19(24)18-12-17(9-10-20(18)26-21)25-22(27)11-6-15-4-7-16(23)8-5-15/h4-14H,3H2,1-2H3,(H2,24,26)(H,25,27). The zero-order valence-corrected chi connectivity index (χ0v) is 16.1. The first-order chi connectivity index (χ1) is 13.0. The van der Waals surface area contributed by atoms with E-state index >= 15 is 0 Å². The van der Waals surface area contributed by atoms with Gasteiger partial charge in [-0.1, -0.05) is 37.6 Å². The van der Waals surface area contributed by atoms with Crippen LogP contribution in [0.1, 0.15) is 37.4 Å². The van der Waals surface area contributed by atoms with Crippen molar-refractivity contribution in [2.75, 3.05) is 11.1 Å². The fraction of sp³-hybridized carbons (Fsp3) is 0.182. The highest BCUT2D eigenvalue weighted by molar-refractivity contribution is 6.30. The highest BCUT2D eigenvalue weighted by Crippen LogP contribution is 2.27. The number of hydrogen-bond donors (Lipinski definition) is 2. The number of nitrogens with zero attached hydrogens (tertiary/aromatic N) is 1. The van der Waals surface area contributed by atoms with Crippen molar-refractivity contribution < 1.29 is 4.79 Å². The Balaban J connectivity index is 1.77. The SMILES string of the molecule is CCC(C)c1cc(N)c2cc(NC(=O)C=Cc3ccc(Cl)cc3)ccc2n1. The fourth-order valence-corrected chi connectivity index (χ4v) is 2.87. The third kappa shape index (κ3) is 4.66. The number of hydrogen-bond acceptors (Lipinski definition) is 3. The van der Waals surface area contributed by atoms with E-state index in [-0.39, 0.29) is 5.91 Å². The van der Waals surface area contributed by atoms with Gasteiger partial charge in [-0.25, -0.2) is 0 Å². The Morgan fingerprint density at radius 3 is 2.67 bits per heavy atom. The van der Waals surface area contributed by atoms with Crippen LogP contribution in [0.5, 0.6) is 0 Å². The van der Waals surface area contributed by atoms with E-state index in [1.165, 1.54) is 6.08 Å². The number of nitrogens with two attached hydrogens (primary N) is 1. The molecule has 138 valence electrons. The van der Waals surface area contributed by atoms with Crippen LogP contribution in [0, 0.1) is 0 Å². The normalized spacial score (nSPS) is 12.4. The van der Waals surface area contributed by atoms with Crippen LogP contribution in [-0.4, -0.2) is 10.9 Å². The van der Waals surface area contributed by atoms with E-state index in [1.807, 2.05) is 36.4 Å². The van der Waals surface area contributed by atoms with Crippen molar-refractivity contribution in [3.8, 4) is 0 Å². The molecular formula is C22H22ClN3O. The number of halogens is 1. The minimum Gasteiger partial charge on any atom is -0.398 e. The second-order valence-corrected chi connectivity index (χ2v) is 6.99. The molecule has 1 unspecified atom stereocenters. The molecule has 5 heteroatoms. The van der Waals surface area contributed by atoms with Gasteiger partial charge in [-0.2, -0.15) is 0 Å². The molecule has 1 amide bonds. The Morgan fingerprint density at radius 2 is 1.96 bits per heavy atom. The fourth-order valence-electron chi connectivity index (χ4n) is 2.74. The summed E-state index contributed by atoms with van der Waals surface area (Å²) < 4.78 is 0. The highest BCUT2D eigenvalue weighted by atomic mass is 35.5. The van der Waals surface area contributed by atoms with Crippen molar-refractivity contribution in [1.29, 1.82) is 0 Å². The van der Waals surface area contributed by atoms with Crippen LogP contribution < -0.4 is 11.1 Å². The van der Waals surface area contributed by atoms with E-state index in [0.717, 1.165) is 28.6 Å². The molecule has 4 nitrogen and oxygen atoms in total. The summed E-state index contributed by atoms with van der Waals surface area (Å²) in [6.45, 7) is 4.26. The van der Waals surface area contributed by atoms with Gasteiger partial charge >= 0.3 is 0 Å². The number of benzene rings is 2. The molecule has 0 bridgehead atoms. The molecule has 3 rings (SSSR count). The van der Waals surface area contributed by atoms with Gasteiger partial charge in [0.05, 0.1) is 5.52 Å². The number of amides is 1. The monoisotopic (exact) mass is 379 g/mol. The molecule has 27 heavy (non-hydrogen) atoms. The molecule has 3 N–H and O–H groups in total. The Morgan fingerprint density at radius 1 is 1.22 bits per heavy atom. The number of pyridine rings is 1. The molecule has 0 spiro atoms. The maximum Gasteiger partial charge on any atom is 0.248 e. The van der Waals surface area contributed by atoms with Crippen molar-refractivity contribution in [3.05, 3.63) is 70.9 Å². The highest BCUT2D eigenvalue weighted by Gasteiger charge is 2.10. The number of rotatable bonds is 5. The number of nitrogens with one attached hydrogen (secondary N) is 1. The topological polar surface area (TPSA) is 68.0 Å². The lowest BCUT2D eigenvalue weighted by molar-refractivity contribution is -0.111. The van der Waals surface area contributed by atoms with Gasteiger partial charge in [-0.05, 0) is 60.4 Å². The Bertz CT molecular complexity index is 996. The molecule has 0 aliphatic heterocycles. The maximum atomic E-state index is 12.2. The molecule has 2 aromatic carbocycles. The van der Waals surface area contributed by atoms with Gasteiger partial charge in [0.25, 0.3) is 0 Å². The molecule has 1 aromatic heterocycles. The summed E-state index contributed by atoms with van der Waals surface area (Å²) in [7, 11) is 0. The Kier molecular flexibility index (Phi) is 5.77. The summed E-state index contributed by atoms with van der Waals surface area (Å²) >= 11 is 5.86. The molecule has 0 aliphatic rings. The van der Waals surface area contributed by atoms with Gasteiger partial charge in [0, 0.05) is 33.6 Å². The van der Waals surface area contributed by atoms with Crippen LogP contribution in [0.3, 0.4) is 0 Å². The summed E-state index contributed by atoms with van der Waals surface area (Å²) in [6, 6.07) is 14.8. The van der Waals surface area contributed by atoms with Crippen LogP contribution in [0.25, 0.3) is 17.0 Å². The first-order valence-corrected chi connectivity index (χ1v) is 9.29. The van der Waals surface area contributed by atoms with E-state index in [1.54, 1.807) is 18.2 Å². The van der Waals surface area contributed by atoms with Gasteiger partial charge in [0.15, 0.2) is 0 Å². The lowest BCUT2D eigenvalue weighted by atomic mass is 10.0. The summed E-state index contributed by atoms with van der Waals surface area (Å²) in [6.07, 6.45) is 4.23. The summed E-state index contributed by atoms with van der Waals surface area (Å²) in [4.78, 5) is 16.9. The molecule has 0 aliphatic carbocycles. The zero-order valence-electron chi connectivity index (χ0n) is 15.4. The van der Waals surface area contributed by atoms with E-state index in [0.29, 0.717) is 22.3 Å². The van der Waals surface area contributed by atoms with Crippen LogP contribution in [0.15, 0.2) is 54.6 Å². The number of fused-ring (bicyclic) bond motifs is 1. The number of anilines is 2. The second-order valence-electron chi connectivity index (χ2n) is 6.55.